The smallest absolute Gasteiger partial charge is 0.224 e. The summed E-state index contributed by atoms with van der Waals surface area (Å²) in [4.78, 5) is 12.7. The molecule has 3 aromatic carbocycles. The number of benzene rings is 3. The summed E-state index contributed by atoms with van der Waals surface area (Å²) in [5, 5.41) is 13.3. The average Bonchev–Trinajstić information content (AvgIpc) is 3.23. The Morgan fingerprint density at radius 2 is 1.76 bits per heavy atom. The van der Waals surface area contributed by atoms with Crippen LogP contribution in [-0.4, -0.2) is 20.7 Å². The van der Waals surface area contributed by atoms with Crippen LogP contribution in [0, 0.1) is 5.82 Å². The fraction of sp³-hybridized carbons (Fsp3) is 0.160. The van der Waals surface area contributed by atoms with Crippen LogP contribution in [0.2, 0.25) is 10.0 Å². The second-order valence-electron chi connectivity index (χ2n) is 7.64. The van der Waals surface area contributed by atoms with Crippen LogP contribution in [0.5, 0.6) is 0 Å². The van der Waals surface area contributed by atoms with Crippen molar-refractivity contribution in [3.05, 3.63) is 106 Å². The summed E-state index contributed by atoms with van der Waals surface area (Å²) in [5.74, 6) is 0.675. The van der Waals surface area contributed by atoms with Crippen molar-refractivity contribution >= 4 is 40.9 Å². The van der Waals surface area contributed by atoms with Gasteiger partial charge in [-0.25, -0.2) is 4.39 Å². The van der Waals surface area contributed by atoms with Gasteiger partial charge in [0.2, 0.25) is 5.91 Å². The van der Waals surface area contributed by atoms with Crippen LogP contribution in [0.1, 0.15) is 29.9 Å². The molecule has 174 valence electrons. The lowest BCUT2D eigenvalue weighted by Crippen LogP contribution is -2.30. The summed E-state index contributed by atoms with van der Waals surface area (Å²) in [6.07, 6.45) is 0.257. The topological polar surface area (TPSA) is 59.8 Å². The lowest BCUT2D eigenvalue weighted by Gasteiger charge is -2.17. The summed E-state index contributed by atoms with van der Waals surface area (Å²) in [5.41, 5.74) is 2.51. The standard InChI is InChI=1S/C25H21Cl2FN4OS/c1-16(29-23(33)13-17-5-3-2-4-6-17)24-30-31-25(34-15-18-7-10-20(28)11-8-18)32(24)22-12-9-19(26)14-21(22)27/h2-12,14,16H,13,15H2,1H3,(H,29,33). The van der Waals surface area contributed by atoms with Gasteiger partial charge in [0.25, 0.3) is 0 Å². The third-order valence-electron chi connectivity index (χ3n) is 5.06. The number of hydrogen-bond donors (Lipinski definition) is 1. The van der Waals surface area contributed by atoms with Gasteiger partial charge in [-0.05, 0) is 48.4 Å². The molecule has 34 heavy (non-hydrogen) atoms. The highest BCUT2D eigenvalue weighted by Crippen LogP contribution is 2.32. The second-order valence-corrected chi connectivity index (χ2v) is 9.42. The molecule has 1 unspecified atom stereocenters. The molecule has 1 aromatic heterocycles. The molecule has 0 aliphatic carbocycles. The Bertz CT molecular complexity index is 1280. The van der Waals surface area contributed by atoms with Gasteiger partial charge in [-0.15, -0.1) is 10.2 Å². The molecule has 0 aliphatic rings. The number of nitrogens with one attached hydrogen (secondary N) is 1. The fourth-order valence-corrected chi connectivity index (χ4v) is 4.81. The summed E-state index contributed by atoms with van der Waals surface area (Å²) in [6, 6.07) is 20.6. The second kappa shape index (κ2) is 11.0. The predicted octanol–water partition coefficient (Wildman–Crippen LogP) is 6.43. The van der Waals surface area contributed by atoms with Crippen molar-refractivity contribution in [1.82, 2.24) is 20.1 Å². The van der Waals surface area contributed by atoms with Crippen LogP contribution in [0.15, 0.2) is 78.0 Å². The maximum Gasteiger partial charge on any atom is 0.224 e. The van der Waals surface area contributed by atoms with Gasteiger partial charge in [-0.3, -0.25) is 9.36 Å². The Labute approximate surface area is 211 Å². The zero-order valence-electron chi connectivity index (χ0n) is 18.2. The van der Waals surface area contributed by atoms with E-state index in [1.165, 1.54) is 23.9 Å². The van der Waals surface area contributed by atoms with Crippen molar-refractivity contribution < 1.29 is 9.18 Å². The van der Waals surface area contributed by atoms with Gasteiger partial charge in [-0.2, -0.15) is 0 Å². The molecule has 1 atom stereocenters. The summed E-state index contributed by atoms with van der Waals surface area (Å²) in [6.45, 7) is 1.85. The number of carbonyl (C=O) groups excluding carboxylic acids is 1. The highest BCUT2D eigenvalue weighted by atomic mass is 35.5. The first kappa shape index (κ1) is 24.3. The number of nitrogens with zero attached hydrogens (tertiary/aromatic N) is 3. The van der Waals surface area contributed by atoms with Crippen LogP contribution in [-0.2, 0) is 17.0 Å². The van der Waals surface area contributed by atoms with Gasteiger partial charge < -0.3 is 5.32 Å². The molecule has 4 rings (SSSR count). The number of rotatable bonds is 8. The summed E-state index contributed by atoms with van der Waals surface area (Å²) < 4.78 is 15.1. The maximum atomic E-state index is 13.3. The molecule has 0 saturated carbocycles. The van der Waals surface area contributed by atoms with E-state index in [0.29, 0.717) is 32.5 Å². The summed E-state index contributed by atoms with van der Waals surface area (Å²) in [7, 11) is 0. The van der Waals surface area contributed by atoms with Crippen molar-refractivity contribution in [3.63, 3.8) is 0 Å². The average molecular weight is 515 g/mol. The molecule has 0 aliphatic heterocycles. The Hall–Kier alpha value is -2.87. The SMILES string of the molecule is CC(NC(=O)Cc1ccccc1)c1nnc(SCc2ccc(F)cc2)n1-c1ccc(Cl)cc1Cl. The first-order valence-electron chi connectivity index (χ1n) is 10.5. The van der Waals surface area contributed by atoms with Gasteiger partial charge in [0.1, 0.15) is 5.82 Å². The molecule has 0 radical (unpaired) electrons. The first-order valence-corrected chi connectivity index (χ1v) is 12.3. The Kier molecular flexibility index (Phi) is 7.88. The van der Waals surface area contributed by atoms with Crippen molar-refractivity contribution in [3.8, 4) is 5.69 Å². The maximum absolute atomic E-state index is 13.3. The lowest BCUT2D eigenvalue weighted by atomic mass is 10.1. The van der Waals surface area contributed by atoms with E-state index in [1.54, 1.807) is 30.3 Å². The largest absolute Gasteiger partial charge is 0.346 e. The number of halogens is 3. The molecule has 0 spiro atoms. The van der Waals surface area contributed by atoms with E-state index in [1.807, 2.05) is 41.8 Å². The van der Waals surface area contributed by atoms with Gasteiger partial charge in [0.05, 0.1) is 23.2 Å². The zero-order valence-corrected chi connectivity index (χ0v) is 20.5. The molecule has 4 aromatic rings. The number of carbonyl (C=O) groups is 1. The van der Waals surface area contributed by atoms with E-state index in [0.717, 1.165) is 11.1 Å². The van der Waals surface area contributed by atoms with E-state index < -0.39 is 6.04 Å². The zero-order chi connectivity index (χ0) is 24.1. The molecule has 1 N–H and O–H groups in total. The Balaban J connectivity index is 1.60. The van der Waals surface area contributed by atoms with Gasteiger partial charge >= 0.3 is 0 Å². The molecule has 9 heteroatoms. The van der Waals surface area contributed by atoms with Crippen LogP contribution in [0.3, 0.4) is 0 Å². The van der Waals surface area contributed by atoms with Crippen molar-refractivity contribution in [2.24, 2.45) is 0 Å². The molecular weight excluding hydrogens is 494 g/mol. The van der Waals surface area contributed by atoms with E-state index in [4.69, 9.17) is 23.2 Å². The molecule has 1 amide bonds. The number of hydrogen-bond acceptors (Lipinski definition) is 4. The third kappa shape index (κ3) is 5.97. The quantitative estimate of drug-likeness (QED) is 0.275. The monoisotopic (exact) mass is 514 g/mol. The van der Waals surface area contributed by atoms with Gasteiger partial charge in [-0.1, -0.05) is 77.4 Å². The minimum atomic E-state index is -0.435. The predicted molar refractivity (Wildman–Crippen MR) is 134 cm³/mol. The minimum absolute atomic E-state index is 0.129. The van der Waals surface area contributed by atoms with Crippen molar-refractivity contribution in [1.29, 1.82) is 0 Å². The van der Waals surface area contributed by atoms with Gasteiger partial charge in [0.15, 0.2) is 11.0 Å². The molecular formula is C25H21Cl2FN4OS. The van der Waals surface area contributed by atoms with Crippen molar-refractivity contribution in [2.75, 3.05) is 0 Å². The van der Waals surface area contributed by atoms with Gasteiger partial charge in [0, 0.05) is 10.8 Å². The molecule has 0 bridgehead atoms. The van der Waals surface area contributed by atoms with E-state index in [2.05, 4.69) is 15.5 Å². The summed E-state index contributed by atoms with van der Waals surface area (Å²) >= 11 is 14.1. The molecule has 0 fully saturated rings. The minimum Gasteiger partial charge on any atom is -0.346 e. The number of thioether (sulfide) groups is 1. The van der Waals surface area contributed by atoms with Crippen LogP contribution in [0.25, 0.3) is 5.69 Å². The lowest BCUT2D eigenvalue weighted by molar-refractivity contribution is -0.121. The normalized spacial score (nSPS) is 11.9. The third-order valence-corrected chi connectivity index (χ3v) is 6.60. The number of aromatic nitrogens is 3. The first-order chi connectivity index (χ1) is 16.4. The molecule has 5 nitrogen and oxygen atoms in total. The van der Waals surface area contributed by atoms with Crippen molar-refractivity contribution in [2.45, 2.75) is 30.3 Å². The van der Waals surface area contributed by atoms with Crippen LogP contribution in [0.4, 0.5) is 4.39 Å². The van der Waals surface area contributed by atoms with Crippen LogP contribution >= 0.6 is 35.0 Å². The van der Waals surface area contributed by atoms with E-state index in [9.17, 15) is 9.18 Å². The Morgan fingerprint density at radius 1 is 1.03 bits per heavy atom. The van der Waals surface area contributed by atoms with Crippen LogP contribution < -0.4 is 5.32 Å². The molecule has 1 heterocycles. The van der Waals surface area contributed by atoms with E-state index in [-0.39, 0.29) is 18.1 Å². The van der Waals surface area contributed by atoms with E-state index >= 15 is 0 Å². The highest BCUT2D eigenvalue weighted by Gasteiger charge is 2.22. The molecule has 0 saturated heterocycles. The highest BCUT2D eigenvalue weighted by molar-refractivity contribution is 7.98. The Morgan fingerprint density at radius 3 is 2.47 bits per heavy atom. The fourth-order valence-electron chi connectivity index (χ4n) is 3.41. The number of amides is 1.